The molecule has 0 bridgehead atoms. The molecule has 1 unspecified atom stereocenters. The smallest absolute Gasteiger partial charge is 0.122 e. The zero-order chi connectivity index (χ0) is 11.4. The molecule has 1 aliphatic rings. The normalized spacial score (nSPS) is 20.0. The van der Waals surface area contributed by atoms with Gasteiger partial charge in [-0.1, -0.05) is 12.1 Å². The van der Waals surface area contributed by atoms with E-state index < -0.39 is 0 Å². The van der Waals surface area contributed by atoms with Crippen LogP contribution in [0.25, 0.3) is 0 Å². The minimum absolute atomic E-state index is 0.507. The van der Waals surface area contributed by atoms with Crippen molar-refractivity contribution in [1.29, 1.82) is 0 Å². The van der Waals surface area contributed by atoms with Gasteiger partial charge in [0.25, 0.3) is 0 Å². The summed E-state index contributed by atoms with van der Waals surface area (Å²) < 4.78 is 10.6. The Morgan fingerprint density at radius 2 is 2.38 bits per heavy atom. The molecular formula is C13H19NO2. The highest BCUT2D eigenvalue weighted by molar-refractivity contribution is 5.36. The van der Waals surface area contributed by atoms with Crippen molar-refractivity contribution >= 4 is 0 Å². The van der Waals surface area contributed by atoms with Crippen LogP contribution in [0.15, 0.2) is 18.2 Å². The van der Waals surface area contributed by atoms with Gasteiger partial charge >= 0.3 is 0 Å². The van der Waals surface area contributed by atoms with Gasteiger partial charge in [-0.25, -0.2) is 0 Å². The Bertz CT molecular complexity index is 346. The lowest BCUT2D eigenvalue weighted by molar-refractivity contribution is 0.190. The average molecular weight is 221 g/mol. The molecule has 2 rings (SSSR count). The van der Waals surface area contributed by atoms with E-state index in [4.69, 9.17) is 9.47 Å². The van der Waals surface area contributed by atoms with Gasteiger partial charge in [-0.05, 0) is 30.5 Å². The zero-order valence-corrected chi connectivity index (χ0v) is 9.95. The summed E-state index contributed by atoms with van der Waals surface area (Å²) in [6.07, 6.45) is 1.11. The van der Waals surface area contributed by atoms with Crippen molar-refractivity contribution in [2.75, 3.05) is 20.3 Å². The Morgan fingerprint density at radius 3 is 3.06 bits per heavy atom. The summed E-state index contributed by atoms with van der Waals surface area (Å²) in [5.41, 5.74) is 2.43. The summed E-state index contributed by atoms with van der Waals surface area (Å²) in [5, 5.41) is 3.49. The molecule has 1 aliphatic heterocycles. The summed E-state index contributed by atoms with van der Waals surface area (Å²) in [7, 11) is 1.71. The Kier molecular flexibility index (Phi) is 3.80. The Morgan fingerprint density at radius 1 is 1.50 bits per heavy atom. The molecule has 3 nitrogen and oxygen atoms in total. The molecule has 3 heteroatoms. The fraction of sp³-hybridized carbons (Fsp3) is 0.538. The quantitative estimate of drug-likeness (QED) is 0.842. The monoisotopic (exact) mass is 221 g/mol. The van der Waals surface area contributed by atoms with Crippen molar-refractivity contribution in [3.8, 4) is 5.75 Å². The topological polar surface area (TPSA) is 30.5 Å². The Balaban J connectivity index is 1.93. The van der Waals surface area contributed by atoms with Crippen LogP contribution in [-0.2, 0) is 11.3 Å². The first-order valence-corrected chi connectivity index (χ1v) is 5.74. The molecule has 1 atom stereocenters. The van der Waals surface area contributed by atoms with Gasteiger partial charge in [-0.15, -0.1) is 0 Å². The number of nitrogens with one attached hydrogen (secondary N) is 1. The predicted molar refractivity (Wildman–Crippen MR) is 63.8 cm³/mol. The van der Waals surface area contributed by atoms with Crippen LogP contribution in [-0.4, -0.2) is 26.4 Å². The fourth-order valence-corrected chi connectivity index (χ4v) is 1.93. The molecule has 1 fully saturated rings. The van der Waals surface area contributed by atoms with Gasteiger partial charge in [0.2, 0.25) is 0 Å². The Labute approximate surface area is 96.8 Å². The van der Waals surface area contributed by atoms with E-state index in [9.17, 15) is 0 Å². The summed E-state index contributed by atoms with van der Waals surface area (Å²) in [4.78, 5) is 0. The van der Waals surface area contributed by atoms with Crippen LogP contribution in [0.5, 0.6) is 5.75 Å². The van der Waals surface area contributed by atoms with E-state index in [1.165, 1.54) is 11.1 Å². The molecule has 16 heavy (non-hydrogen) atoms. The molecule has 1 saturated heterocycles. The van der Waals surface area contributed by atoms with Crippen molar-refractivity contribution in [3.05, 3.63) is 29.3 Å². The zero-order valence-electron chi connectivity index (χ0n) is 9.95. The number of hydrogen-bond acceptors (Lipinski definition) is 3. The van der Waals surface area contributed by atoms with Gasteiger partial charge in [-0.2, -0.15) is 0 Å². The third-order valence-corrected chi connectivity index (χ3v) is 3.00. The predicted octanol–water partition coefficient (Wildman–Crippen LogP) is 1.88. The van der Waals surface area contributed by atoms with E-state index >= 15 is 0 Å². The van der Waals surface area contributed by atoms with Crippen molar-refractivity contribution in [1.82, 2.24) is 5.32 Å². The second-order valence-electron chi connectivity index (χ2n) is 4.25. The molecule has 0 saturated carbocycles. The number of benzene rings is 1. The SMILES string of the molecule is COc1cc(CNC2CCOC2)ccc1C. The molecule has 0 aromatic heterocycles. The second-order valence-corrected chi connectivity index (χ2v) is 4.25. The van der Waals surface area contributed by atoms with Crippen molar-refractivity contribution in [2.45, 2.75) is 25.9 Å². The molecule has 0 aliphatic carbocycles. The molecular weight excluding hydrogens is 202 g/mol. The maximum atomic E-state index is 5.32. The lowest BCUT2D eigenvalue weighted by atomic mass is 10.1. The first kappa shape index (κ1) is 11.4. The number of hydrogen-bond donors (Lipinski definition) is 1. The fourth-order valence-electron chi connectivity index (χ4n) is 1.93. The van der Waals surface area contributed by atoms with Crippen LogP contribution >= 0.6 is 0 Å². The van der Waals surface area contributed by atoms with Crippen molar-refractivity contribution < 1.29 is 9.47 Å². The number of aryl methyl sites for hydroxylation is 1. The van der Waals surface area contributed by atoms with Crippen molar-refractivity contribution in [2.24, 2.45) is 0 Å². The van der Waals surface area contributed by atoms with E-state index in [0.29, 0.717) is 6.04 Å². The van der Waals surface area contributed by atoms with Gasteiger partial charge in [0.05, 0.1) is 13.7 Å². The molecule has 1 aromatic carbocycles. The van der Waals surface area contributed by atoms with Gasteiger partial charge in [0.1, 0.15) is 5.75 Å². The van der Waals surface area contributed by atoms with E-state index in [1.807, 2.05) is 0 Å². The highest BCUT2D eigenvalue weighted by atomic mass is 16.5. The first-order valence-electron chi connectivity index (χ1n) is 5.74. The summed E-state index contributed by atoms with van der Waals surface area (Å²) in [5.74, 6) is 0.960. The minimum atomic E-state index is 0.507. The lowest BCUT2D eigenvalue weighted by Gasteiger charge is -2.12. The molecule has 0 radical (unpaired) electrons. The third-order valence-electron chi connectivity index (χ3n) is 3.00. The molecule has 88 valence electrons. The molecule has 0 spiro atoms. The maximum absolute atomic E-state index is 5.32. The van der Waals surface area contributed by atoms with Crippen LogP contribution in [0.4, 0.5) is 0 Å². The maximum Gasteiger partial charge on any atom is 0.122 e. The van der Waals surface area contributed by atoms with E-state index in [1.54, 1.807) is 7.11 Å². The van der Waals surface area contributed by atoms with Crippen LogP contribution in [0.1, 0.15) is 17.5 Å². The lowest BCUT2D eigenvalue weighted by Crippen LogP contribution is -2.28. The van der Waals surface area contributed by atoms with E-state index in [0.717, 1.165) is 31.9 Å². The summed E-state index contributed by atoms with van der Waals surface area (Å²) in [6.45, 7) is 4.66. The van der Waals surface area contributed by atoms with Gasteiger partial charge < -0.3 is 14.8 Å². The molecule has 1 heterocycles. The largest absolute Gasteiger partial charge is 0.496 e. The number of ether oxygens (including phenoxy) is 2. The highest BCUT2D eigenvalue weighted by Crippen LogP contribution is 2.19. The number of rotatable bonds is 4. The van der Waals surface area contributed by atoms with E-state index in [2.05, 4.69) is 30.4 Å². The number of methoxy groups -OCH3 is 1. The molecule has 1 aromatic rings. The average Bonchev–Trinajstić information content (AvgIpc) is 2.81. The Hall–Kier alpha value is -1.06. The first-order chi connectivity index (χ1) is 7.79. The molecule has 1 N–H and O–H groups in total. The standard InChI is InChI=1S/C13H19NO2/c1-10-3-4-11(7-13(10)15-2)8-14-12-5-6-16-9-12/h3-4,7,12,14H,5-6,8-9H2,1-2H3. The van der Waals surface area contributed by atoms with Gasteiger partial charge in [0.15, 0.2) is 0 Å². The highest BCUT2D eigenvalue weighted by Gasteiger charge is 2.14. The van der Waals surface area contributed by atoms with Crippen LogP contribution in [0.3, 0.4) is 0 Å². The van der Waals surface area contributed by atoms with Crippen molar-refractivity contribution in [3.63, 3.8) is 0 Å². The van der Waals surface area contributed by atoms with E-state index in [-0.39, 0.29) is 0 Å². The van der Waals surface area contributed by atoms with Crippen LogP contribution in [0.2, 0.25) is 0 Å². The third kappa shape index (κ3) is 2.74. The van der Waals surface area contributed by atoms with Crippen LogP contribution in [0, 0.1) is 6.92 Å². The van der Waals surface area contributed by atoms with Gasteiger partial charge in [-0.3, -0.25) is 0 Å². The summed E-state index contributed by atoms with van der Waals surface area (Å²) in [6, 6.07) is 6.84. The summed E-state index contributed by atoms with van der Waals surface area (Å²) >= 11 is 0. The van der Waals surface area contributed by atoms with Gasteiger partial charge in [0, 0.05) is 19.2 Å². The second kappa shape index (κ2) is 5.32. The van der Waals surface area contributed by atoms with Crippen LogP contribution < -0.4 is 10.1 Å². The molecule has 0 amide bonds. The minimum Gasteiger partial charge on any atom is -0.496 e.